The lowest BCUT2D eigenvalue weighted by Crippen LogP contribution is -2.55. The first kappa shape index (κ1) is 19.6. The summed E-state index contributed by atoms with van der Waals surface area (Å²) >= 11 is 0. The van der Waals surface area contributed by atoms with Crippen molar-refractivity contribution >= 4 is 5.91 Å². The largest absolute Gasteiger partial charge is 0.379 e. The minimum absolute atomic E-state index is 0.132. The number of para-hydroxylation sites is 1. The van der Waals surface area contributed by atoms with Gasteiger partial charge >= 0.3 is 0 Å². The molecule has 2 heterocycles. The average molecular weight is 373 g/mol. The first-order valence-corrected chi connectivity index (χ1v) is 9.36. The van der Waals surface area contributed by atoms with E-state index in [9.17, 15) is 9.18 Å². The van der Waals surface area contributed by atoms with Crippen LogP contribution < -0.4 is 5.32 Å². The van der Waals surface area contributed by atoms with E-state index in [4.69, 9.17) is 4.74 Å². The summed E-state index contributed by atoms with van der Waals surface area (Å²) in [5, 5.41) is 3.06. The highest BCUT2D eigenvalue weighted by Gasteiger charge is 2.29. The Balaban J connectivity index is 1.76. The Morgan fingerprint density at radius 1 is 1.22 bits per heavy atom. The van der Waals surface area contributed by atoms with Gasteiger partial charge in [0.1, 0.15) is 5.82 Å². The Bertz CT molecular complexity index is 823. The zero-order valence-corrected chi connectivity index (χ0v) is 16.5. The maximum absolute atomic E-state index is 14.2. The van der Waals surface area contributed by atoms with Crippen LogP contribution in [0.3, 0.4) is 0 Å². The standard InChI is InChI=1S/C21H28FN3O2/c1-15-13-17(16(2)25(15)19-8-6-5-7-18(19)22)20(26)23-14-21(3,4)24-9-11-27-12-10-24/h5-8,13H,9-12,14H2,1-4H3,(H,23,26). The van der Waals surface area contributed by atoms with Crippen LogP contribution in [0.25, 0.3) is 5.69 Å². The van der Waals surface area contributed by atoms with Gasteiger partial charge in [0.05, 0.1) is 24.5 Å². The predicted octanol–water partition coefficient (Wildman–Crippen LogP) is 3.07. The second-order valence-corrected chi connectivity index (χ2v) is 7.67. The maximum Gasteiger partial charge on any atom is 0.253 e. The SMILES string of the molecule is Cc1cc(C(=O)NCC(C)(C)N2CCOCC2)c(C)n1-c1ccccc1F. The van der Waals surface area contributed by atoms with Crippen molar-refractivity contribution in [2.45, 2.75) is 33.2 Å². The van der Waals surface area contributed by atoms with Gasteiger partial charge in [-0.1, -0.05) is 12.1 Å². The molecule has 0 spiro atoms. The van der Waals surface area contributed by atoms with Gasteiger partial charge in [0.25, 0.3) is 5.91 Å². The first-order valence-electron chi connectivity index (χ1n) is 9.36. The van der Waals surface area contributed by atoms with Gasteiger partial charge in [0, 0.05) is 36.6 Å². The van der Waals surface area contributed by atoms with Crippen LogP contribution in [0.5, 0.6) is 0 Å². The van der Waals surface area contributed by atoms with Crippen molar-refractivity contribution < 1.29 is 13.9 Å². The smallest absolute Gasteiger partial charge is 0.253 e. The molecule has 1 aromatic heterocycles. The van der Waals surface area contributed by atoms with Gasteiger partial charge in [-0.3, -0.25) is 9.69 Å². The molecular formula is C21H28FN3O2. The third kappa shape index (κ3) is 4.06. The highest BCUT2D eigenvalue weighted by Crippen LogP contribution is 2.23. The fourth-order valence-corrected chi connectivity index (χ4v) is 3.67. The molecule has 1 aromatic carbocycles. The van der Waals surface area contributed by atoms with Crippen molar-refractivity contribution in [3.05, 3.63) is 53.1 Å². The number of amides is 1. The summed E-state index contributed by atoms with van der Waals surface area (Å²) in [7, 11) is 0. The van der Waals surface area contributed by atoms with Crippen molar-refractivity contribution in [2.24, 2.45) is 0 Å². The summed E-state index contributed by atoms with van der Waals surface area (Å²) in [4.78, 5) is 15.1. The van der Waals surface area contributed by atoms with Gasteiger partial charge in [-0.05, 0) is 45.9 Å². The van der Waals surface area contributed by atoms with Gasteiger partial charge in [0.2, 0.25) is 0 Å². The van der Waals surface area contributed by atoms with Crippen LogP contribution in [0.2, 0.25) is 0 Å². The van der Waals surface area contributed by atoms with Crippen LogP contribution in [0.15, 0.2) is 30.3 Å². The Hall–Kier alpha value is -2.18. The van der Waals surface area contributed by atoms with E-state index < -0.39 is 0 Å². The lowest BCUT2D eigenvalue weighted by Gasteiger charge is -2.40. The average Bonchev–Trinajstić information content (AvgIpc) is 2.95. The van der Waals surface area contributed by atoms with Crippen molar-refractivity contribution in [1.29, 1.82) is 0 Å². The third-order valence-electron chi connectivity index (χ3n) is 5.32. The molecule has 0 unspecified atom stereocenters. The molecular weight excluding hydrogens is 345 g/mol. The number of nitrogens with one attached hydrogen (secondary N) is 1. The zero-order chi connectivity index (χ0) is 19.6. The molecule has 1 amide bonds. The van der Waals surface area contributed by atoms with Crippen LogP contribution >= 0.6 is 0 Å². The lowest BCUT2D eigenvalue weighted by molar-refractivity contribution is -0.00923. The molecule has 1 aliphatic heterocycles. The van der Waals surface area contributed by atoms with E-state index in [1.54, 1.807) is 22.8 Å². The molecule has 0 atom stereocenters. The molecule has 5 nitrogen and oxygen atoms in total. The highest BCUT2D eigenvalue weighted by molar-refractivity contribution is 5.96. The number of rotatable bonds is 5. The van der Waals surface area contributed by atoms with Gasteiger partial charge in [-0.25, -0.2) is 4.39 Å². The number of morpholine rings is 1. The summed E-state index contributed by atoms with van der Waals surface area (Å²) < 4.78 is 21.4. The molecule has 0 radical (unpaired) electrons. The maximum atomic E-state index is 14.2. The molecule has 1 fully saturated rings. The molecule has 1 saturated heterocycles. The Morgan fingerprint density at radius 3 is 2.56 bits per heavy atom. The number of aryl methyl sites for hydroxylation is 1. The summed E-state index contributed by atoms with van der Waals surface area (Å²) in [5.74, 6) is -0.438. The van der Waals surface area contributed by atoms with E-state index in [-0.39, 0.29) is 17.3 Å². The number of benzene rings is 1. The van der Waals surface area contributed by atoms with E-state index in [1.165, 1.54) is 6.07 Å². The molecule has 2 aromatic rings. The summed E-state index contributed by atoms with van der Waals surface area (Å²) in [6.07, 6.45) is 0. The van der Waals surface area contributed by atoms with Gasteiger partial charge < -0.3 is 14.6 Å². The number of ether oxygens (including phenoxy) is 1. The molecule has 3 rings (SSSR count). The molecule has 0 aliphatic carbocycles. The van der Waals surface area contributed by atoms with E-state index >= 15 is 0 Å². The quantitative estimate of drug-likeness (QED) is 0.876. The molecule has 1 N–H and O–H groups in total. The first-order chi connectivity index (χ1) is 12.8. The van der Waals surface area contributed by atoms with Crippen molar-refractivity contribution in [3.8, 4) is 5.69 Å². The third-order valence-corrected chi connectivity index (χ3v) is 5.32. The summed E-state index contributed by atoms with van der Waals surface area (Å²) in [6, 6.07) is 8.42. The minimum Gasteiger partial charge on any atom is -0.379 e. The van der Waals surface area contributed by atoms with E-state index in [1.807, 2.05) is 19.9 Å². The molecule has 1 aliphatic rings. The lowest BCUT2D eigenvalue weighted by atomic mass is 10.0. The zero-order valence-electron chi connectivity index (χ0n) is 16.5. The number of hydrogen-bond donors (Lipinski definition) is 1. The van der Waals surface area contributed by atoms with Crippen molar-refractivity contribution in [2.75, 3.05) is 32.8 Å². The number of halogens is 1. The fourth-order valence-electron chi connectivity index (χ4n) is 3.67. The number of nitrogens with zero attached hydrogens (tertiary/aromatic N) is 2. The highest BCUT2D eigenvalue weighted by atomic mass is 19.1. The van der Waals surface area contributed by atoms with Crippen LogP contribution in [-0.4, -0.2) is 53.8 Å². The monoisotopic (exact) mass is 373 g/mol. The molecule has 146 valence electrons. The van der Waals surface area contributed by atoms with E-state index in [2.05, 4.69) is 24.1 Å². The number of carbonyl (C=O) groups excluding carboxylic acids is 1. The normalized spacial score (nSPS) is 15.7. The fraction of sp³-hybridized carbons (Fsp3) is 0.476. The minimum atomic E-state index is -0.306. The van der Waals surface area contributed by atoms with Gasteiger partial charge in [-0.2, -0.15) is 0 Å². The van der Waals surface area contributed by atoms with E-state index in [0.29, 0.717) is 17.8 Å². The molecule has 27 heavy (non-hydrogen) atoms. The Morgan fingerprint density at radius 2 is 1.89 bits per heavy atom. The van der Waals surface area contributed by atoms with Crippen LogP contribution in [0.1, 0.15) is 35.6 Å². The summed E-state index contributed by atoms with van der Waals surface area (Å²) in [5.41, 5.74) is 2.44. The molecule has 0 saturated carbocycles. The number of hydrogen-bond acceptors (Lipinski definition) is 3. The van der Waals surface area contributed by atoms with Gasteiger partial charge in [0.15, 0.2) is 0 Å². The van der Waals surface area contributed by atoms with Crippen molar-refractivity contribution in [3.63, 3.8) is 0 Å². The Kier molecular flexibility index (Phi) is 5.67. The van der Waals surface area contributed by atoms with Crippen LogP contribution in [0.4, 0.5) is 4.39 Å². The topological polar surface area (TPSA) is 46.5 Å². The molecule has 6 heteroatoms. The number of carbonyl (C=O) groups is 1. The van der Waals surface area contributed by atoms with E-state index in [0.717, 1.165) is 37.7 Å². The summed E-state index contributed by atoms with van der Waals surface area (Å²) in [6.45, 7) is 11.7. The predicted molar refractivity (Wildman–Crippen MR) is 104 cm³/mol. The van der Waals surface area contributed by atoms with Crippen molar-refractivity contribution in [1.82, 2.24) is 14.8 Å². The molecule has 0 bridgehead atoms. The second kappa shape index (κ2) is 7.82. The second-order valence-electron chi connectivity index (χ2n) is 7.67. The van der Waals surface area contributed by atoms with Crippen LogP contribution in [-0.2, 0) is 4.74 Å². The van der Waals surface area contributed by atoms with Gasteiger partial charge in [-0.15, -0.1) is 0 Å². The Labute approximate surface area is 160 Å². The van der Waals surface area contributed by atoms with Crippen LogP contribution in [0, 0.1) is 19.7 Å². The number of aromatic nitrogens is 1.